The zero-order valence-electron chi connectivity index (χ0n) is 22.7. The summed E-state index contributed by atoms with van der Waals surface area (Å²) in [7, 11) is 0. The molecule has 208 valence electrons. The van der Waals surface area contributed by atoms with Crippen molar-refractivity contribution in [3.63, 3.8) is 0 Å². The highest BCUT2D eigenvalue weighted by molar-refractivity contribution is 6.31. The van der Waals surface area contributed by atoms with Crippen LogP contribution in [0.4, 0.5) is 14.9 Å². The number of hydrogen-bond donors (Lipinski definition) is 2. The Morgan fingerprint density at radius 1 is 1.07 bits per heavy atom. The molecule has 1 aliphatic carbocycles. The van der Waals surface area contributed by atoms with E-state index in [1.807, 2.05) is 18.2 Å². The molecule has 0 unspecified atom stereocenters. The molecule has 2 fully saturated rings. The molecule has 2 atom stereocenters. The topological polar surface area (TPSA) is 71.4 Å². The Morgan fingerprint density at radius 3 is 2.55 bits per heavy atom. The van der Waals surface area contributed by atoms with Crippen molar-refractivity contribution in [2.75, 3.05) is 31.5 Å². The Labute approximate surface area is 240 Å². The quantitative estimate of drug-likeness (QED) is 0.333. The number of benzene rings is 3. The van der Waals surface area contributed by atoms with Crippen LogP contribution in [0.15, 0.2) is 66.7 Å². The van der Waals surface area contributed by atoms with Gasteiger partial charge in [-0.2, -0.15) is 5.26 Å². The van der Waals surface area contributed by atoms with E-state index in [1.54, 1.807) is 6.07 Å². The fraction of sp³-hybridized carbons (Fsp3) is 0.375. The number of rotatable bonds is 7. The molecule has 1 heterocycles. The lowest BCUT2D eigenvalue weighted by molar-refractivity contribution is 0.0289. The van der Waals surface area contributed by atoms with Crippen LogP contribution >= 0.6 is 11.6 Å². The Bertz CT molecular complexity index is 1370. The maximum absolute atomic E-state index is 13.5. The van der Waals surface area contributed by atoms with Gasteiger partial charge in [-0.1, -0.05) is 60.8 Å². The van der Waals surface area contributed by atoms with Gasteiger partial charge in [0.25, 0.3) is 0 Å². The number of nitrogens with zero attached hydrogens (tertiary/aromatic N) is 3. The molecule has 1 saturated carbocycles. The second-order valence-corrected chi connectivity index (χ2v) is 11.2. The third kappa shape index (κ3) is 6.64. The molecule has 40 heavy (non-hydrogen) atoms. The molecule has 2 aliphatic rings. The summed E-state index contributed by atoms with van der Waals surface area (Å²) in [6.07, 6.45) is 5.23. The van der Waals surface area contributed by atoms with Crippen molar-refractivity contribution in [3.05, 3.63) is 88.7 Å². The first-order chi connectivity index (χ1) is 19.4. The van der Waals surface area contributed by atoms with Crippen LogP contribution < -0.4 is 10.6 Å². The SMILES string of the molecule is C[C@@H]1CN(C2CCCC2)CCN1[C@H](CNC(=O)Nc1ccc(F)c(Cl)c1)c1ccc(-c2cccc(C#N)c2)cc1. The minimum Gasteiger partial charge on any atom is -0.336 e. The van der Waals surface area contributed by atoms with E-state index in [1.165, 1.54) is 43.9 Å². The number of halogens is 2. The van der Waals surface area contributed by atoms with Crippen molar-refractivity contribution in [1.29, 1.82) is 5.26 Å². The van der Waals surface area contributed by atoms with Gasteiger partial charge < -0.3 is 10.6 Å². The third-order valence-electron chi connectivity index (χ3n) is 8.21. The van der Waals surface area contributed by atoms with E-state index < -0.39 is 5.82 Å². The molecule has 2 N–H and O–H groups in total. The highest BCUT2D eigenvalue weighted by Crippen LogP contribution is 2.31. The lowest BCUT2D eigenvalue weighted by Gasteiger charge is -2.46. The van der Waals surface area contributed by atoms with Crippen molar-refractivity contribution in [3.8, 4) is 17.2 Å². The molecule has 0 aromatic heterocycles. The van der Waals surface area contributed by atoms with Gasteiger partial charge in [0.2, 0.25) is 0 Å². The van der Waals surface area contributed by atoms with Crippen LogP contribution in [-0.4, -0.2) is 54.1 Å². The van der Waals surface area contributed by atoms with Crippen LogP contribution in [-0.2, 0) is 0 Å². The average molecular weight is 560 g/mol. The molecule has 8 heteroatoms. The molecule has 0 spiro atoms. The fourth-order valence-corrected chi connectivity index (χ4v) is 6.28. The van der Waals surface area contributed by atoms with Gasteiger partial charge in [-0.15, -0.1) is 0 Å². The number of hydrogen-bond acceptors (Lipinski definition) is 4. The van der Waals surface area contributed by atoms with Crippen molar-refractivity contribution in [1.82, 2.24) is 15.1 Å². The van der Waals surface area contributed by atoms with E-state index in [2.05, 4.69) is 57.7 Å². The zero-order valence-corrected chi connectivity index (χ0v) is 23.5. The second kappa shape index (κ2) is 12.8. The Kier molecular flexibility index (Phi) is 9.01. The fourth-order valence-electron chi connectivity index (χ4n) is 6.10. The highest BCUT2D eigenvalue weighted by Gasteiger charge is 2.34. The molecule has 5 rings (SSSR count). The van der Waals surface area contributed by atoms with E-state index in [0.29, 0.717) is 29.9 Å². The number of nitrogens with one attached hydrogen (secondary N) is 2. The summed E-state index contributed by atoms with van der Waals surface area (Å²) in [6.45, 7) is 5.64. The molecule has 3 aromatic carbocycles. The lowest BCUT2D eigenvalue weighted by Crippen LogP contribution is -2.56. The number of carbonyl (C=O) groups excluding carboxylic acids is 1. The molecule has 2 amide bonds. The Balaban J connectivity index is 1.33. The van der Waals surface area contributed by atoms with Gasteiger partial charge in [0.1, 0.15) is 5.82 Å². The number of amides is 2. The van der Waals surface area contributed by atoms with Crippen LogP contribution in [0.2, 0.25) is 5.02 Å². The summed E-state index contributed by atoms with van der Waals surface area (Å²) >= 11 is 5.88. The number of urea groups is 1. The maximum Gasteiger partial charge on any atom is 0.319 e. The summed E-state index contributed by atoms with van der Waals surface area (Å²) in [5, 5.41) is 15.0. The second-order valence-electron chi connectivity index (χ2n) is 10.8. The van der Waals surface area contributed by atoms with Gasteiger partial charge in [0, 0.05) is 44.0 Å². The summed E-state index contributed by atoms with van der Waals surface area (Å²) < 4.78 is 13.5. The highest BCUT2D eigenvalue weighted by atomic mass is 35.5. The van der Waals surface area contributed by atoms with Crippen LogP contribution in [0.1, 0.15) is 49.8 Å². The van der Waals surface area contributed by atoms with Crippen molar-refractivity contribution >= 4 is 23.3 Å². The van der Waals surface area contributed by atoms with Gasteiger partial charge in [0.05, 0.1) is 22.7 Å². The summed E-state index contributed by atoms with van der Waals surface area (Å²) in [5.74, 6) is -0.527. The summed E-state index contributed by atoms with van der Waals surface area (Å²) in [6, 6.07) is 23.0. The zero-order chi connectivity index (χ0) is 28.1. The first kappa shape index (κ1) is 28.1. The van der Waals surface area contributed by atoms with E-state index in [4.69, 9.17) is 11.6 Å². The molecule has 0 radical (unpaired) electrons. The monoisotopic (exact) mass is 559 g/mol. The first-order valence-electron chi connectivity index (χ1n) is 14.0. The van der Waals surface area contributed by atoms with Gasteiger partial charge in [-0.25, -0.2) is 9.18 Å². The molecular formula is C32H35ClFN5O. The number of nitriles is 1. The predicted octanol–water partition coefficient (Wildman–Crippen LogP) is 6.83. The summed E-state index contributed by atoms with van der Waals surface area (Å²) in [5.41, 5.74) is 4.22. The molecule has 1 aliphatic heterocycles. The number of piperazine rings is 1. The van der Waals surface area contributed by atoms with Crippen LogP contribution in [0.25, 0.3) is 11.1 Å². The van der Waals surface area contributed by atoms with Gasteiger partial charge in [-0.05, 0) is 66.8 Å². The number of anilines is 1. The van der Waals surface area contributed by atoms with Crippen molar-refractivity contribution < 1.29 is 9.18 Å². The van der Waals surface area contributed by atoms with Gasteiger partial charge in [0.15, 0.2) is 0 Å². The van der Waals surface area contributed by atoms with Crippen molar-refractivity contribution in [2.24, 2.45) is 0 Å². The maximum atomic E-state index is 13.5. The third-order valence-corrected chi connectivity index (χ3v) is 8.50. The van der Waals surface area contributed by atoms with E-state index in [-0.39, 0.29) is 17.1 Å². The average Bonchev–Trinajstić information content (AvgIpc) is 3.51. The smallest absolute Gasteiger partial charge is 0.319 e. The van der Waals surface area contributed by atoms with E-state index in [0.717, 1.165) is 36.3 Å². The van der Waals surface area contributed by atoms with E-state index in [9.17, 15) is 14.4 Å². The summed E-state index contributed by atoms with van der Waals surface area (Å²) in [4.78, 5) is 18.0. The van der Waals surface area contributed by atoms with Crippen LogP contribution in [0, 0.1) is 17.1 Å². The molecule has 3 aromatic rings. The Hall–Kier alpha value is -3.44. The van der Waals surface area contributed by atoms with Gasteiger partial charge in [-0.3, -0.25) is 9.80 Å². The molecule has 6 nitrogen and oxygen atoms in total. The number of carbonyl (C=O) groups is 1. The molecular weight excluding hydrogens is 525 g/mol. The van der Waals surface area contributed by atoms with Crippen molar-refractivity contribution in [2.45, 2.75) is 50.7 Å². The molecule has 0 bridgehead atoms. The van der Waals surface area contributed by atoms with E-state index >= 15 is 0 Å². The minimum atomic E-state index is -0.527. The standard InChI is InChI=1S/C32H35ClFN5O/c1-22-21-38(28-7-2-3-8-28)15-16-39(22)31(20-36-32(40)37-27-13-14-30(34)29(33)18-27)25-11-9-24(10-12-25)26-6-4-5-23(17-26)19-35/h4-6,9-14,17-18,22,28,31H,2-3,7-8,15-16,20-21H2,1H3,(H2,36,37,40)/t22-,31-/m1/s1. The van der Waals surface area contributed by atoms with Crippen LogP contribution in [0.3, 0.4) is 0 Å². The molecule has 1 saturated heterocycles. The lowest BCUT2D eigenvalue weighted by atomic mass is 9.97. The van der Waals surface area contributed by atoms with Crippen LogP contribution in [0.5, 0.6) is 0 Å². The predicted molar refractivity (Wildman–Crippen MR) is 158 cm³/mol. The van der Waals surface area contributed by atoms with Gasteiger partial charge >= 0.3 is 6.03 Å². The minimum absolute atomic E-state index is 0.0252. The first-order valence-corrected chi connectivity index (χ1v) is 14.4. The normalized spacial score (nSPS) is 19.2. The Morgan fingerprint density at radius 2 is 1.85 bits per heavy atom. The largest absolute Gasteiger partial charge is 0.336 e.